The van der Waals surface area contributed by atoms with Crippen LogP contribution in [0.4, 0.5) is 0 Å². The molecule has 0 saturated carbocycles. The smallest absolute Gasteiger partial charge is 0.237 e. The summed E-state index contributed by atoms with van der Waals surface area (Å²) < 4.78 is 7.63. The second-order valence-electron chi connectivity index (χ2n) is 5.85. The van der Waals surface area contributed by atoms with E-state index >= 15 is 0 Å². The van der Waals surface area contributed by atoms with Crippen LogP contribution in [0.25, 0.3) is 10.7 Å². The average molecular weight is 348 g/mol. The number of rotatable bonds is 6. The molecular weight excluding hydrogens is 328 g/mol. The van der Waals surface area contributed by atoms with Gasteiger partial charge >= 0.3 is 0 Å². The molecule has 0 N–H and O–H groups in total. The minimum absolute atomic E-state index is 0.579. The molecule has 0 aliphatic rings. The van der Waals surface area contributed by atoms with Gasteiger partial charge in [-0.05, 0) is 31.2 Å². The fraction of sp³-hybridized carbons (Fsp3) is 0.438. The van der Waals surface area contributed by atoms with Crippen LogP contribution in [-0.4, -0.2) is 19.7 Å². The summed E-state index contributed by atoms with van der Waals surface area (Å²) in [5.74, 6) is 2.50. The molecule has 3 aromatic heterocycles. The lowest BCUT2D eigenvalue weighted by Crippen LogP contribution is -2.07. The molecule has 23 heavy (non-hydrogen) atoms. The van der Waals surface area contributed by atoms with E-state index in [0.29, 0.717) is 23.4 Å². The fourth-order valence-electron chi connectivity index (χ4n) is 2.26. The van der Waals surface area contributed by atoms with Crippen molar-refractivity contribution >= 4 is 23.1 Å². The van der Waals surface area contributed by atoms with Crippen LogP contribution in [0, 0.1) is 19.8 Å². The summed E-state index contributed by atoms with van der Waals surface area (Å²) in [5, 5.41) is 7.07. The van der Waals surface area contributed by atoms with Crippen molar-refractivity contribution in [2.45, 2.75) is 45.1 Å². The van der Waals surface area contributed by atoms with Crippen molar-refractivity contribution in [3.8, 4) is 10.7 Å². The van der Waals surface area contributed by atoms with Crippen molar-refractivity contribution in [2.24, 2.45) is 5.92 Å². The SMILES string of the molecule is Cc1nc(SCc2nc(-c3cccs3)no2)n(CC(C)C)c1C. The molecule has 0 amide bonds. The summed E-state index contributed by atoms with van der Waals surface area (Å²) in [6.45, 7) is 9.58. The molecule has 3 rings (SSSR count). The summed E-state index contributed by atoms with van der Waals surface area (Å²) in [6, 6.07) is 3.98. The Morgan fingerprint density at radius 2 is 2.13 bits per heavy atom. The van der Waals surface area contributed by atoms with Gasteiger partial charge in [-0.15, -0.1) is 11.3 Å². The lowest BCUT2D eigenvalue weighted by molar-refractivity contribution is 0.391. The third-order valence-electron chi connectivity index (χ3n) is 3.50. The molecular formula is C16H20N4OS2. The van der Waals surface area contributed by atoms with Crippen molar-refractivity contribution in [1.29, 1.82) is 0 Å². The first-order valence-corrected chi connectivity index (χ1v) is 9.44. The molecule has 5 nitrogen and oxygen atoms in total. The van der Waals surface area contributed by atoms with E-state index < -0.39 is 0 Å². The van der Waals surface area contributed by atoms with Crippen LogP contribution in [-0.2, 0) is 12.3 Å². The normalized spacial score (nSPS) is 11.5. The number of hydrogen-bond donors (Lipinski definition) is 0. The number of aromatic nitrogens is 4. The molecule has 3 heterocycles. The molecule has 0 unspecified atom stereocenters. The maximum absolute atomic E-state index is 5.36. The third kappa shape index (κ3) is 3.67. The number of imidazole rings is 1. The predicted molar refractivity (Wildman–Crippen MR) is 93.7 cm³/mol. The summed E-state index contributed by atoms with van der Waals surface area (Å²) in [5.41, 5.74) is 2.31. The minimum Gasteiger partial charge on any atom is -0.338 e. The zero-order valence-electron chi connectivity index (χ0n) is 13.7. The lowest BCUT2D eigenvalue weighted by Gasteiger charge is -2.11. The standard InChI is InChI=1S/C16H20N4OS2/c1-10(2)8-20-12(4)11(3)17-16(20)23-9-14-18-15(19-21-14)13-6-5-7-22-13/h5-7,10H,8-9H2,1-4H3. The summed E-state index contributed by atoms with van der Waals surface area (Å²) in [6.07, 6.45) is 0. The topological polar surface area (TPSA) is 56.7 Å². The second-order valence-corrected chi connectivity index (χ2v) is 7.74. The Morgan fingerprint density at radius 1 is 1.30 bits per heavy atom. The molecule has 0 aromatic carbocycles. The van der Waals surface area contributed by atoms with Gasteiger partial charge in [0.1, 0.15) is 0 Å². The minimum atomic E-state index is 0.579. The highest BCUT2D eigenvalue weighted by Crippen LogP contribution is 2.27. The third-order valence-corrected chi connectivity index (χ3v) is 5.33. The molecule has 0 aliphatic carbocycles. The Bertz CT molecular complexity index is 774. The van der Waals surface area contributed by atoms with Gasteiger partial charge < -0.3 is 9.09 Å². The summed E-state index contributed by atoms with van der Waals surface area (Å²) >= 11 is 3.26. The first kappa shape index (κ1) is 16.3. The van der Waals surface area contributed by atoms with E-state index in [0.717, 1.165) is 22.3 Å². The number of hydrogen-bond acceptors (Lipinski definition) is 6. The van der Waals surface area contributed by atoms with E-state index in [-0.39, 0.29) is 0 Å². The summed E-state index contributed by atoms with van der Waals surface area (Å²) in [4.78, 5) is 10.2. The van der Waals surface area contributed by atoms with Gasteiger partial charge in [0, 0.05) is 12.2 Å². The van der Waals surface area contributed by atoms with E-state index in [1.807, 2.05) is 17.5 Å². The van der Waals surface area contributed by atoms with Gasteiger partial charge in [0.25, 0.3) is 0 Å². The molecule has 0 fully saturated rings. The summed E-state index contributed by atoms with van der Waals surface area (Å²) in [7, 11) is 0. The van der Waals surface area contributed by atoms with Gasteiger partial charge in [0.2, 0.25) is 11.7 Å². The largest absolute Gasteiger partial charge is 0.338 e. The Morgan fingerprint density at radius 3 is 2.83 bits per heavy atom. The Kier molecular flexibility index (Phi) is 4.87. The van der Waals surface area contributed by atoms with Crippen molar-refractivity contribution in [2.75, 3.05) is 0 Å². The lowest BCUT2D eigenvalue weighted by atomic mass is 10.2. The highest BCUT2D eigenvalue weighted by Gasteiger charge is 2.15. The van der Waals surface area contributed by atoms with E-state index in [9.17, 15) is 0 Å². The average Bonchev–Trinajstić information content (AvgIpc) is 3.21. The molecule has 0 atom stereocenters. The maximum Gasteiger partial charge on any atom is 0.237 e. The highest BCUT2D eigenvalue weighted by molar-refractivity contribution is 7.98. The quantitative estimate of drug-likeness (QED) is 0.611. The van der Waals surface area contributed by atoms with Crippen molar-refractivity contribution < 1.29 is 4.52 Å². The molecule has 0 spiro atoms. The maximum atomic E-state index is 5.36. The Hall–Kier alpha value is -1.60. The van der Waals surface area contributed by atoms with Gasteiger partial charge in [0.15, 0.2) is 5.16 Å². The first-order chi connectivity index (χ1) is 11.0. The Balaban J connectivity index is 1.72. The van der Waals surface area contributed by atoms with Gasteiger partial charge in [-0.1, -0.05) is 36.8 Å². The van der Waals surface area contributed by atoms with Crippen LogP contribution in [0.3, 0.4) is 0 Å². The van der Waals surface area contributed by atoms with Crippen LogP contribution >= 0.6 is 23.1 Å². The molecule has 3 aromatic rings. The van der Waals surface area contributed by atoms with E-state index in [1.54, 1.807) is 23.1 Å². The zero-order chi connectivity index (χ0) is 16.4. The van der Waals surface area contributed by atoms with Gasteiger partial charge in [0.05, 0.1) is 16.3 Å². The molecule has 0 bridgehead atoms. The molecule has 122 valence electrons. The van der Waals surface area contributed by atoms with Crippen LogP contribution in [0.15, 0.2) is 27.2 Å². The van der Waals surface area contributed by atoms with Gasteiger partial charge in [-0.2, -0.15) is 4.98 Å². The highest BCUT2D eigenvalue weighted by atomic mass is 32.2. The van der Waals surface area contributed by atoms with Crippen molar-refractivity contribution in [3.05, 3.63) is 34.8 Å². The van der Waals surface area contributed by atoms with Gasteiger partial charge in [-0.3, -0.25) is 0 Å². The second kappa shape index (κ2) is 6.88. The van der Waals surface area contributed by atoms with Crippen LogP contribution in [0.1, 0.15) is 31.1 Å². The number of aryl methyl sites for hydroxylation is 1. The van der Waals surface area contributed by atoms with Crippen molar-refractivity contribution in [3.63, 3.8) is 0 Å². The molecule has 0 saturated heterocycles. The number of nitrogens with zero attached hydrogens (tertiary/aromatic N) is 4. The Labute approximate surface area is 144 Å². The number of thiophene rings is 1. The monoisotopic (exact) mass is 348 g/mol. The fourth-order valence-corrected chi connectivity index (χ4v) is 3.85. The predicted octanol–water partition coefficient (Wildman–Crippen LogP) is 4.56. The molecule has 0 aliphatic heterocycles. The molecule has 7 heteroatoms. The van der Waals surface area contributed by atoms with E-state index in [4.69, 9.17) is 4.52 Å². The number of thioether (sulfide) groups is 1. The van der Waals surface area contributed by atoms with E-state index in [2.05, 4.69) is 47.4 Å². The molecule has 0 radical (unpaired) electrons. The van der Waals surface area contributed by atoms with Crippen molar-refractivity contribution in [1.82, 2.24) is 19.7 Å². The van der Waals surface area contributed by atoms with Crippen LogP contribution in [0.2, 0.25) is 0 Å². The van der Waals surface area contributed by atoms with E-state index in [1.165, 1.54) is 5.69 Å². The zero-order valence-corrected chi connectivity index (χ0v) is 15.4. The van der Waals surface area contributed by atoms with Crippen LogP contribution < -0.4 is 0 Å². The van der Waals surface area contributed by atoms with Gasteiger partial charge in [-0.25, -0.2) is 4.98 Å². The van der Waals surface area contributed by atoms with Crippen LogP contribution in [0.5, 0.6) is 0 Å². The first-order valence-electron chi connectivity index (χ1n) is 7.57.